The molecule has 0 aliphatic carbocycles. The molecule has 1 rings (SSSR count). The Kier molecular flexibility index (Phi) is 7.21. The van der Waals surface area contributed by atoms with Gasteiger partial charge in [-0.3, -0.25) is 0 Å². The zero-order valence-electron chi connectivity index (χ0n) is 10.00. The molecule has 1 saturated heterocycles. The van der Waals surface area contributed by atoms with Gasteiger partial charge in [0.05, 0.1) is 9.52 Å². The third-order valence-corrected chi connectivity index (χ3v) is 4.95. The monoisotopic (exact) mass is 232 g/mol. The minimum atomic E-state index is -0.208. The van der Waals surface area contributed by atoms with Gasteiger partial charge in [0.15, 0.2) is 0 Å². The minimum absolute atomic E-state index is 0.119. The third kappa shape index (κ3) is 5.63. The van der Waals surface area contributed by atoms with Crippen LogP contribution >= 0.6 is 0 Å². The molecule has 0 unspecified atom stereocenters. The molecule has 1 N–H and O–H groups in total. The second-order valence-electron chi connectivity index (χ2n) is 3.99. The number of piperazine rings is 1. The first-order chi connectivity index (χ1) is 7.36. The van der Waals surface area contributed by atoms with E-state index >= 15 is 0 Å². The summed E-state index contributed by atoms with van der Waals surface area (Å²) < 4.78 is 10.4. The molecular weight excluding hydrogens is 208 g/mol. The summed E-state index contributed by atoms with van der Waals surface area (Å²) in [6, 6.07) is 1.32. The first-order valence-electron chi connectivity index (χ1n) is 5.85. The van der Waals surface area contributed by atoms with Crippen molar-refractivity contribution in [3.63, 3.8) is 0 Å². The van der Waals surface area contributed by atoms with Crippen LogP contribution in [-0.4, -0.2) is 67.3 Å². The van der Waals surface area contributed by atoms with E-state index < -0.39 is 0 Å². The summed E-state index contributed by atoms with van der Waals surface area (Å²) in [6.45, 7) is 5.96. The van der Waals surface area contributed by atoms with E-state index in [-0.39, 0.29) is 15.4 Å². The van der Waals surface area contributed by atoms with Gasteiger partial charge in [0, 0.05) is 40.4 Å². The molecule has 0 spiro atoms. The van der Waals surface area contributed by atoms with Crippen LogP contribution in [0.1, 0.15) is 6.42 Å². The van der Waals surface area contributed by atoms with Crippen molar-refractivity contribution in [1.29, 1.82) is 0 Å². The first-order valence-corrected chi connectivity index (χ1v) is 7.67. The summed E-state index contributed by atoms with van der Waals surface area (Å²) in [5, 5.41) is 3.37. The largest absolute Gasteiger partial charge is 0.360 e. The van der Waals surface area contributed by atoms with Crippen LogP contribution < -0.4 is 5.32 Å². The van der Waals surface area contributed by atoms with Gasteiger partial charge in [0.25, 0.3) is 0 Å². The Labute approximate surface area is 95.1 Å². The van der Waals surface area contributed by atoms with Crippen LogP contribution in [0.15, 0.2) is 0 Å². The van der Waals surface area contributed by atoms with Crippen LogP contribution in [0.4, 0.5) is 0 Å². The highest BCUT2D eigenvalue weighted by molar-refractivity contribution is 6.36. The highest BCUT2D eigenvalue weighted by atomic mass is 28.2. The lowest BCUT2D eigenvalue weighted by atomic mass is 10.3. The van der Waals surface area contributed by atoms with Crippen molar-refractivity contribution in [2.45, 2.75) is 18.4 Å². The number of hydrogen-bond acceptors (Lipinski definition) is 4. The lowest BCUT2D eigenvalue weighted by Crippen LogP contribution is -2.43. The number of methoxy groups -OCH3 is 2. The molecule has 90 valence electrons. The third-order valence-electron chi connectivity index (χ3n) is 2.90. The highest BCUT2D eigenvalue weighted by Gasteiger charge is 2.09. The van der Waals surface area contributed by atoms with Crippen LogP contribution in [-0.2, 0) is 9.47 Å². The lowest BCUT2D eigenvalue weighted by molar-refractivity contribution is -0.0441. The zero-order chi connectivity index (χ0) is 10.9. The van der Waals surface area contributed by atoms with Gasteiger partial charge in [0.2, 0.25) is 0 Å². The van der Waals surface area contributed by atoms with Crippen molar-refractivity contribution in [2.75, 3.05) is 46.9 Å². The second-order valence-corrected chi connectivity index (χ2v) is 5.94. The summed E-state index contributed by atoms with van der Waals surface area (Å²) in [7, 11) is 3.26. The Morgan fingerprint density at radius 1 is 1.27 bits per heavy atom. The lowest BCUT2D eigenvalue weighted by Gasteiger charge is -2.27. The van der Waals surface area contributed by atoms with Gasteiger partial charge in [-0.25, -0.2) is 0 Å². The van der Waals surface area contributed by atoms with Crippen molar-refractivity contribution in [3.05, 3.63) is 0 Å². The maximum Gasteiger partial charge on any atom is 0.134 e. The summed E-state index contributed by atoms with van der Waals surface area (Å²) in [5.41, 5.74) is 0. The number of nitrogens with zero attached hydrogens (tertiary/aromatic N) is 1. The first kappa shape index (κ1) is 13.1. The Hall–Kier alpha value is 0.0569. The van der Waals surface area contributed by atoms with E-state index in [0.717, 1.165) is 13.1 Å². The molecule has 5 heteroatoms. The Morgan fingerprint density at radius 3 is 2.53 bits per heavy atom. The van der Waals surface area contributed by atoms with Crippen LogP contribution in [0.25, 0.3) is 0 Å². The number of ether oxygens (including phenoxy) is 2. The fraction of sp³-hybridized carbons (Fsp3) is 1.00. The fourth-order valence-corrected chi connectivity index (χ4v) is 3.23. The Bertz CT molecular complexity index is 150. The SMILES string of the molecule is COC(OC)[SiH2]CCCN1CCNCC1. The summed E-state index contributed by atoms with van der Waals surface area (Å²) in [5.74, 6) is 0.119. The van der Waals surface area contributed by atoms with Crippen LogP contribution in [0, 0.1) is 0 Å². The normalized spacial score (nSPS) is 19.4. The minimum Gasteiger partial charge on any atom is -0.360 e. The molecule has 0 amide bonds. The van der Waals surface area contributed by atoms with E-state index in [9.17, 15) is 0 Å². The van der Waals surface area contributed by atoms with E-state index in [0.29, 0.717) is 0 Å². The van der Waals surface area contributed by atoms with E-state index in [1.54, 1.807) is 14.2 Å². The van der Waals surface area contributed by atoms with Crippen LogP contribution in [0.5, 0.6) is 0 Å². The van der Waals surface area contributed by atoms with E-state index in [1.807, 2.05) is 0 Å². The van der Waals surface area contributed by atoms with E-state index in [2.05, 4.69) is 10.2 Å². The quantitative estimate of drug-likeness (QED) is 0.363. The van der Waals surface area contributed by atoms with Gasteiger partial charge in [-0.05, 0) is 13.0 Å². The second kappa shape index (κ2) is 8.24. The Morgan fingerprint density at radius 2 is 1.93 bits per heavy atom. The van der Waals surface area contributed by atoms with Crippen molar-refractivity contribution < 1.29 is 9.47 Å². The average Bonchev–Trinajstić information content (AvgIpc) is 2.31. The zero-order valence-corrected chi connectivity index (χ0v) is 11.4. The molecule has 4 nitrogen and oxygen atoms in total. The molecule has 0 bridgehead atoms. The molecule has 0 saturated carbocycles. The van der Waals surface area contributed by atoms with Crippen LogP contribution in [0.3, 0.4) is 0 Å². The molecule has 15 heavy (non-hydrogen) atoms. The average molecular weight is 232 g/mol. The molecule has 1 heterocycles. The molecule has 1 fully saturated rings. The number of rotatable bonds is 7. The number of hydrogen-bond donors (Lipinski definition) is 1. The van der Waals surface area contributed by atoms with Gasteiger partial charge in [-0.15, -0.1) is 0 Å². The van der Waals surface area contributed by atoms with Crippen LogP contribution in [0.2, 0.25) is 6.04 Å². The van der Waals surface area contributed by atoms with Crippen molar-refractivity contribution >= 4 is 9.52 Å². The molecule has 0 atom stereocenters. The van der Waals surface area contributed by atoms with Gasteiger partial charge < -0.3 is 19.7 Å². The molecule has 0 radical (unpaired) electrons. The predicted molar refractivity (Wildman–Crippen MR) is 65.1 cm³/mol. The highest BCUT2D eigenvalue weighted by Crippen LogP contribution is 2.00. The van der Waals surface area contributed by atoms with Crippen molar-refractivity contribution in [1.82, 2.24) is 10.2 Å². The van der Waals surface area contributed by atoms with Gasteiger partial charge in [-0.2, -0.15) is 0 Å². The smallest absolute Gasteiger partial charge is 0.134 e. The molecule has 0 aromatic carbocycles. The van der Waals surface area contributed by atoms with Gasteiger partial charge >= 0.3 is 0 Å². The molecular formula is C10H24N2O2Si. The van der Waals surface area contributed by atoms with E-state index in [1.165, 1.54) is 32.1 Å². The summed E-state index contributed by atoms with van der Waals surface area (Å²) in [6.07, 6.45) is 1.30. The predicted octanol–water partition coefficient (Wildman–Crippen LogP) is -0.555. The van der Waals surface area contributed by atoms with Crippen molar-refractivity contribution in [2.24, 2.45) is 0 Å². The molecule has 1 aliphatic heterocycles. The molecule has 0 aromatic rings. The fourth-order valence-electron chi connectivity index (χ4n) is 1.91. The summed E-state index contributed by atoms with van der Waals surface area (Å²) >= 11 is 0. The van der Waals surface area contributed by atoms with Gasteiger partial charge in [0.1, 0.15) is 5.91 Å². The molecule has 0 aromatic heterocycles. The number of nitrogens with one attached hydrogen (secondary N) is 1. The van der Waals surface area contributed by atoms with E-state index in [4.69, 9.17) is 9.47 Å². The summed E-state index contributed by atoms with van der Waals surface area (Å²) in [4.78, 5) is 2.54. The Balaban J connectivity index is 1.95. The van der Waals surface area contributed by atoms with Crippen molar-refractivity contribution in [3.8, 4) is 0 Å². The maximum absolute atomic E-state index is 5.21. The standard InChI is InChI=1S/C10H24N2O2Si/c1-13-10(14-2)15-9-3-6-12-7-4-11-5-8-12/h10-11H,3-9,15H2,1-2H3. The van der Waals surface area contributed by atoms with Gasteiger partial charge in [-0.1, -0.05) is 6.04 Å². The molecule has 1 aliphatic rings. The maximum atomic E-state index is 5.21. The topological polar surface area (TPSA) is 33.7 Å².